The first-order chi connectivity index (χ1) is 9.23. The standard InChI is InChI=1S/C16H33N3O/c1-7-18-15(3,4)14(20)17-12-16(19(5)6)10-8-9-13(2)11-16/h13,18H,7-12H2,1-6H3,(H,17,20). The molecule has 1 saturated carbocycles. The van der Waals surface area contributed by atoms with Crippen molar-refractivity contribution in [2.75, 3.05) is 27.2 Å². The molecule has 0 aromatic carbocycles. The fourth-order valence-electron chi connectivity index (χ4n) is 3.35. The molecule has 0 bridgehead atoms. The van der Waals surface area contributed by atoms with Gasteiger partial charge < -0.3 is 15.5 Å². The highest BCUT2D eigenvalue weighted by molar-refractivity contribution is 5.85. The Morgan fingerprint density at radius 3 is 2.55 bits per heavy atom. The minimum absolute atomic E-state index is 0.0961. The molecule has 1 aliphatic carbocycles. The van der Waals surface area contributed by atoms with Crippen molar-refractivity contribution in [3.05, 3.63) is 0 Å². The van der Waals surface area contributed by atoms with Gasteiger partial charge in [-0.3, -0.25) is 4.79 Å². The lowest BCUT2D eigenvalue weighted by Crippen LogP contribution is -2.59. The first-order valence-corrected chi connectivity index (χ1v) is 7.94. The van der Waals surface area contributed by atoms with Gasteiger partial charge in [0, 0.05) is 12.1 Å². The van der Waals surface area contributed by atoms with Gasteiger partial charge in [-0.05, 0) is 53.2 Å². The van der Waals surface area contributed by atoms with Gasteiger partial charge in [-0.15, -0.1) is 0 Å². The number of carbonyl (C=O) groups excluding carboxylic acids is 1. The molecule has 2 unspecified atom stereocenters. The summed E-state index contributed by atoms with van der Waals surface area (Å²) in [6.07, 6.45) is 4.91. The van der Waals surface area contributed by atoms with E-state index in [1.165, 1.54) is 25.7 Å². The second-order valence-corrected chi connectivity index (χ2v) is 7.16. The van der Waals surface area contributed by atoms with E-state index in [4.69, 9.17) is 0 Å². The van der Waals surface area contributed by atoms with Crippen molar-refractivity contribution in [2.24, 2.45) is 5.92 Å². The number of hydrogen-bond donors (Lipinski definition) is 2. The maximum atomic E-state index is 12.4. The van der Waals surface area contributed by atoms with E-state index in [2.05, 4.69) is 36.6 Å². The molecular formula is C16H33N3O. The van der Waals surface area contributed by atoms with E-state index in [1.807, 2.05) is 20.8 Å². The van der Waals surface area contributed by atoms with Crippen LogP contribution in [0.5, 0.6) is 0 Å². The number of amides is 1. The molecule has 1 amide bonds. The smallest absolute Gasteiger partial charge is 0.239 e. The molecule has 0 aliphatic heterocycles. The van der Waals surface area contributed by atoms with Gasteiger partial charge in [0.15, 0.2) is 0 Å². The number of nitrogens with one attached hydrogen (secondary N) is 2. The van der Waals surface area contributed by atoms with Crippen LogP contribution in [0.1, 0.15) is 53.4 Å². The zero-order chi connectivity index (χ0) is 15.4. The van der Waals surface area contributed by atoms with E-state index >= 15 is 0 Å². The van der Waals surface area contributed by atoms with Crippen molar-refractivity contribution in [1.82, 2.24) is 15.5 Å². The molecule has 118 valence electrons. The lowest BCUT2D eigenvalue weighted by Gasteiger charge is -2.45. The van der Waals surface area contributed by atoms with E-state index in [9.17, 15) is 4.79 Å². The Kier molecular flexibility index (Phi) is 6.02. The van der Waals surface area contributed by atoms with E-state index < -0.39 is 5.54 Å². The van der Waals surface area contributed by atoms with Crippen molar-refractivity contribution in [2.45, 2.75) is 64.5 Å². The third kappa shape index (κ3) is 4.19. The average Bonchev–Trinajstić information content (AvgIpc) is 2.35. The molecule has 0 radical (unpaired) electrons. The Morgan fingerprint density at radius 2 is 2.05 bits per heavy atom. The first kappa shape index (κ1) is 17.4. The molecule has 1 aliphatic rings. The molecule has 4 heteroatoms. The summed E-state index contributed by atoms with van der Waals surface area (Å²) < 4.78 is 0. The third-order valence-corrected chi connectivity index (χ3v) is 4.78. The van der Waals surface area contributed by atoms with Crippen LogP contribution in [-0.2, 0) is 4.79 Å². The zero-order valence-corrected chi connectivity index (χ0v) is 14.2. The van der Waals surface area contributed by atoms with Crippen LogP contribution in [0.3, 0.4) is 0 Å². The van der Waals surface area contributed by atoms with E-state index in [0.29, 0.717) is 0 Å². The summed E-state index contributed by atoms with van der Waals surface area (Å²) in [5.74, 6) is 0.837. The first-order valence-electron chi connectivity index (χ1n) is 7.94. The Balaban J connectivity index is 2.66. The molecule has 0 saturated heterocycles. The number of carbonyl (C=O) groups is 1. The van der Waals surface area contributed by atoms with Gasteiger partial charge in [-0.25, -0.2) is 0 Å². The predicted molar refractivity (Wildman–Crippen MR) is 84.8 cm³/mol. The van der Waals surface area contributed by atoms with Gasteiger partial charge in [0.2, 0.25) is 5.91 Å². The van der Waals surface area contributed by atoms with Crippen LogP contribution in [0, 0.1) is 5.92 Å². The number of nitrogens with zero attached hydrogens (tertiary/aromatic N) is 1. The quantitative estimate of drug-likeness (QED) is 0.784. The van der Waals surface area contributed by atoms with Crippen molar-refractivity contribution in [3.63, 3.8) is 0 Å². The molecule has 0 aromatic rings. The summed E-state index contributed by atoms with van der Waals surface area (Å²) >= 11 is 0. The minimum atomic E-state index is -0.497. The van der Waals surface area contributed by atoms with Crippen LogP contribution in [-0.4, -0.2) is 49.1 Å². The largest absolute Gasteiger partial charge is 0.353 e. The Hall–Kier alpha value is -0.610. The average molecular weight is 283 g/mol. The maximum absolute atomic E-state index is 12.4. The molecule has 0 aromatic heterocycles. The maximum Gasteiger partial charge on any atom is 0.239 e. The lowest BCUT2D eigenvalue weighted by atomic mass is 9.75. The number of hydrogen-bond acceptors (Lipinski definition) is 3. The fraction of sp³-hybridized carbons (Fsp3) is 0.938. The highest BCUT2D eigenvalue weighted by atomic mass is 16.2. The lowest BCUT2D eigenvalue weighted by molar-refractivity contribution is -0.127. The van der Waals surface area contributed by atoms with Crippen molar-refractivity contribution >= 4 is 5.91 Å². The highest BCUT2D eigenvalue weighted by Crippen LogP contribution is 2.35. The third-order valence-electron chi connectivity index (χ3n) is 4.78. The zero-order valence-electron chi connectivity index (χ0n) is 14.2. The summed E-state index contributed by atoms with van der Waals surface area (Å²) in [5.41, 5.74) is -0.377. The molecule has 0 spiro atoms. The summed E-state index contributed by atoms with van der Waals surface area (Å²) in [6.45, 7) is 9.78. The summed E-state index contributed by atoms with van der Waals surface area (Å²) in [5, 5.41) is 6.41. The monoisotopic (exact) mass is 283 g/mol. The molecule has 4 nitrogen and oxygen atoms in total. The SMILES string of the molecule is CCNC(C)(C)C(=O)NCC1(N(C)C)CCCC(C)C1. The van der Waals surface area contributed by atoms with Gasteiger partial charge in [0.25, 0.3) is 0 Å². The fourth-order valence-corrected chi connectivity index (χ4v) is 3.35. The summed E-state index contributed by atoms with van der Waals surface area (Å²) in [7, 11) is 4.28. The van der Waals surface area contributed by atoms with Crippen molar-refractivity contribution in [3.8, 4) is 0 Å². The van der Waals surface area contributed by atoms with E-state index in [0.717, 1.165) is 19.0 Å². The summed E-state index contributed by atoms with van der Waals surface area (Å²) in [6, 6.07) is 0. The van der Waals surface area contributed by atoms with Gasteiger partial charge in [-0.2, -0.15) is 0 Å². The summed E-state index contributed by atoms with van der Waals surface area (Å²) in [4.78, 5) is 14.7. The van der Waals surface area contributed by atoms with Crippen LogP contribution >= 0.6 is 0 Å². The normalized spacial score (nSPS) is 27.6. The Labute approximate surface area is 124 Å². The van der Waals surface area contributed by atoms with Gasteiger partial charge in [0.1, 0.15) is 0 Å². The van der Waals surface area contributed by atoms with E-state index in [1.54, 1.807) is 0 Å². The predicted octanol–water partition coefficient (Wildman–Crippen LogP) is 2.00. The molecule has 0 heterocycles. The van der Waals surface area contributed by atoms with Gasteiger partial charge >= 0.3 is 0 Å². The number of likely N-dealkylation sites (N-methyl/N-ethyl adjacent to an activating group) is 2. The molecule has 1 fully saturated rings. The van der Waals surface area contributed by atoms with Crippen LogP contribution in [0.2, 0.25) is 0 Å². The second-order valence-electron chi connectivity index (χ2n) is 7.16. The Bertz CT molecular complexity index is 328. The van der Waals surface area contributed by atoms with Crippen LogP contribution < -0.4 is 10.6 Å². The second kappa shape index (κ2) is 6.90. The van der Waals surface area contributed by atoms with Crippen LogP contribution in [0.15, 0.2) is 0 Å². The van der Waals surface area contributed by atoms with Crippen molar-refractivity contribution in [1.29, 1.82) is 0 Å². The van der Waals surface area contributed by atoms with Crippen molar-refractivity contribution < 1.29 is 4.79 Å². The topological polar surface area (TPSA) is 44.4 Å². The molecule has 1 rings (SSSR count). The van der Waals surface area contributed by atoms with Gasteiger partial charge in [-0.1, -0.05) is 26.7 Å². The highest BCUT2D eigenvalue weighted by Gasteiger charge is 2.38. The van der Waals surface area contributed by atoms with Crippen LogP contribution in [0.4, 0.5) is 0 Å². The van der Waals surface area contributed by atoms with Gasteiger partial charge in [0.05, 0.1) is 5.54 Å². The molecule has 2 N–H and O–H groups in total. The minimum Gasteiger partial charge on any atom is -0.353 e. The number of rotatable bonds is 6. The molecule has 2 atom stereocenters. The molecular weight excluding hydrogens is 250 g/mol. The Morgan fingerprint density at radius 1 is 1.40 bits per heavy atom. The molecule has 20 heavy (non-hydrogen) atoms. The van der Waals surface area contributed by atoms with Crippen LogP contribution in [0.25, 0.3) is 0 Å². The van der Waals surface area contributed by atoms with E-state index in [-0.39, 0.29) is 11.4 Å².